The first-order valence-corrected chi connectivity index (χ1v) is 6.00. The van der Waals surface area contributed by atoms with Gasteiger partial charge in [0.05, 0.1) is 23.1 Å². The lowest BCUT2D eigenvalue weighted by Gasteiger charge is -2.11. The van der Waals surface area contributed by atoms with Gasteiger partial charge in [-0.05, 0) is 18.1 Å². The van der Waals surface area contributed by atoms with E-state index in [1.807, 2.05) is 44.2 Å². The zero-order valence-electron chi connectivity index (χ0n) is 10.8. The fourth-order valence-electron chi connectivity index (χ4n) is 2.00. The Labute approximate surface area is 111 Å². The van der Waals surface area contributed by atoms with Gasteiger partial charge in [0, 0.05) is 0 Å². The van der Waals surface area contributed by atoms with E-state index in [-0.39, 0.29) is 11.7 Å². The Morgan fingerprint density at radius 3 is 2.63 bits per heavy atom. The van der Waals surface area contributed by atoms with Crippen molar-refractivity contribution >= 4 is 12.0 Å². The van der Waals surface area contributed by atoms with Crippen LogP contribution in [0.25, 0.3) is 11.2 Å². The highest BCUT2D eigenvalue weighted by atomic mass is 16.1. The van der Waals surface area contributed by atoms with Gasteiger partial charge in [-0.25, -0.2) is 4.68 Å². The molecular weight excluding hydrogens is 240 g/mol. The van der Waals surface area contributed by atoms with Gasteiger partial charge in [0.1, 0.15) is 0 Å². The first-order valence-electron chi connectivity index (χ1n) is 6.00. The smallest absolute Gasteiger partial charge is 0.328 e. The fraction of sp³-hybridized carbons (Fsp3) is 0.214. The molecule has 5 nitrogen and oxygen atoms in total. The van der Waals surface area contributed by atoms with Crippen LogP contribution in [0, 0.1) is 0 Å². The van der Waals surface area contributed by atoms with Gasteiger partial charge in [-0.1, -0.05) is 32.0 Å². The van der Waals surface area contributed by atoms with Crippen molar-refractivity contribution in [3.63, 3.8) is 0 Å². The Morgan fingerprint density at radius 1 is 1.37 bits per heavy atom. The summed E-state index contributed by atoms with van der Waals surface area (Å²) in [7, 11) is 0. The predicted molar refractivity (Wildman–Crippen MR) is 71.7 cm³/mol. The minimum Gasteiger partial charge on any atom is -0.361 e. The molecule has 0 spiro atoms. The molecule has 0 amide bonds. The lowest BCUT2D eigenvalue weighted by molar-refractivity contribution is 0.00233. The van der Waals surface area contributed by atoms with Crippen LogP contribution in [0.15, 0.2) is 36.5 Å². The first-order chi connectivity index (χ1) is 9.15. The summed E-state index contributed by atoms with van der Waals surface area (Å²) in [6, 6.07) is 9.60. The second kappa shape index (κ2) is 5.42. The minimum absolute atomic E-state index is 0.119. The quantitative estimate of drug-likeness (QED) is 0.364. The maximum absolute atomic E-state index is 11.9. The van der Waals surface area contributed by atoms with Crippen molar-refractivity contribution in [1.82, 2.24) is 9.78 Å². The monoisotopic (exact) mass is 254 g/mol. The maximum atomic E-state index is 11.9. The third-order valence-electron chi connectivity index (χ3n) is 2.79. The SMILES string of the molecule is CC(C)c1c(C(=O)C=[N+]=[N-])cnn1-c1ccccc1. The van der Waals surface area contributed by atoms with Gasteiger partial charge in [0.2, 0.25) is 0 Å². The standard InChI is InChI=1S/C14H14N4O/c1-10(2)14-12(13(19)9-16-15)8-17-18(14)11-6-4-3-5-7-11/h3-10H,1-2H3. The molecule has 0 unspecified atom stereocenters. The Morgan fingerprint density at radius 2 is 2.05 bits per heavy atom. The van der Waals surface area contributed by atoms with Crippen LogP contribution in [0.3, 0.4) is 0 Å². The van der Waals surface area contributed by atoms with Crippen LogP contribution in [0.1, 0.15) is 35.8 Å². The van der Waals surface area contributed by atoms with Crippen LogP contribution >= 0.6 is 0 Å². The summed E-state index contributed by atoms with van der Waals surface area (Å²) in [6.45, 7) is 3.98. The number of aromatic nitrogens is 2. The molecule has 1 aromatic heterocycles. The molecule has 1 heterocycles. The third kappa shape index (κ3) is 2.51. The van der Waals surface area contributed by atoms with Crippen molar-refractivity contribution < 1.29 is 9.58 Å². The van der Waals surface area contributed by atoms with Crippen molar-refractivity contribution in [2.45, 2.75) is 19.8 Å². The number of carbonyl (C=O) groups is 1. The van der Waals surface area contributed by atoms with E-state index in [0.717, 1.165) is 17.6 Å². The summed E-state index contributed by atoms with van der Waals surface area (Å²) in [4.78, 5) is 14.6. The van der Waals surface area contributed by atoms with Crippen LogP contribution in [0.5, 0.6) is 0 Å². The molecule has 0 saturated carbocycles. The molecule has 96 valence electrons. The molecule has 2 aromatic rings. The van der Waals surface area contributed by atoms with E-state index in [0.29, 0.717) is 5.56 Å². The number of para-hydroxylation sites is 1. The van der Waals surface area contributed by atoms with Crippen molar-refractivity contribution in [1.29, 1.82) is 0 Å². The molecule has 0 fully saturated rings. The Hall–Kier alpha value is -2.52. The normalized spacial score (nSPS) is 10.3. The summed E-state index contributed by atoms with van der Waals surface area (Å²) in [5.74, 6) is -0.234. The largest absolute Gasteiger partial charge is 0.361 e. The number of nitrogens with zero attached hydrogens (tertiary/aromatic N) is 4. The van der Waals surface area contributed by atoms with E-state index in [2.05, 4.69) is 9.89 Å². The average molecular weight is 254 g/mol. The van der Waals surface area contributed by atoms with Gasteiger partial charge in [-0.3, -0.25) is 4.79 Å². The highest BCUT2D eigenvalue weighted by molar-refractivity contribution is 6.33. The van der Waals surface area contributed by atoms with E-state index in [9.17, 15) is 4.79 Å². The molecule has 0 atom stereocenters. The van der Waals surface area contributed by atoms with Crippen molar-refractivity contribution in [3.05, 3.63) is 53.3 Å². The van der Waals surface area contributed by atoms with Crippen molar-refractivity contribution in [2.75, 3.05) is 0 Å². The molecule has 5 heteroatoms. The lowest BCUT2D eigenvalue weighted by Crippen LogP contribution is -2.09. The highest BCUT2D eigenvalue weighted by Gasteiger charge is 2.21. The first kappa shape index (κ1) is 12.9. The number of rotatable bonds is 4. The molecule has 0 radical (unpaired) electrons. The fourth-order valence-corrected chi connectivity index (χ4v) is 2.00. The van der Waals surface area contributed by atoms with E-state index in [1.165, 1.54) is 6.20 Å². The molecule has 2 rings (SSSR count). The number of benzene rings is 1. The highest BCUT2D eigenvalue weighted by Crippen LogP contribution is 2.22. The second-order valence-electron chi connectivity index (χ2n) is 4.45. The van der Waals surface area contributed by atoms with Gasteiger partial charge >= 0.3 is 6.21 Å². The maximum Gasteiger partial charge on any atom is 0.328 e. The Kier molecular flexibility index (Phi) is 3.68. The Bertz CT molecular complexity index is 637. The van der Waals surface area contributed by atoms with Crippen LogP contribution in [0.2, 0.25) is 0 Å². The number of Topliss-reactive ketones (excluding diaryl/α,β-unsaturated/α-hetero) is 1. The van der Waals surface area contributed by atoms with Crippen LogP contribution in [0.4, 0.5) is 0 Å². The molecule has 0 N–H and O–H groups in total. The van der Waals surface area contributed by atoms with E-state index in [4.69, 9.17) is 5.53 Å². The summed E-state index contributed by atoms with van der Waals surface area (Å²) in [5.41, 5.74) is 10.6. The van der Waals surface area contributed by atoms with E-state index < -0.39 is 0 Å². The molecule has 0 aliphatic carbocycles. The molecule has 0 aliphatic rings. The zero-order chi connectivity index (χ0) is 13.8. The predicted octanol–water partition coefficient (Wildman–Crippen LogP) is 2.48. The number of ketones is 1. The molecule has 1 aromatic carbocycles. The number of hydrogen-bond donors (Lipinski definition) is 0. The average Bonchev–Trinajstić information content (AvgIpc) is 2.85. The molecule has 0 aliphatic heterocycles. The zero-order valence-corrected chi connectivity index (χ0v) is 10.8. The van der Waals surface area contributed by atoms with Gasteiger partial charge in [0.15, 0.2) is 0 Å². The number of hydrogen-bond acceptors (Lipinski definition) is 2. The summed E-state index contributed by atoms with van der Waals surface area (Å²) in [6.07, 6.45) is 2.39. The number of carbonyl (C=O) groups excluding carboxylic acids is 1. The van der Waals surface area contributed by atoms with E-state index >= 15 is 0 Å². The molecule has 19 heavy (non-hydrogen) atoms. The molecule has 0 bridgehead atoms. The second-order valence-corrected chi connectivity index (χ2v) is 4.45. The molecule has 0 saturated heterocycles. The van der Waals surface area contributed by atoms with Gasteiger partial charge in [0.25, 0.3) is 5.78 Å². The van der Waals surface area contributed by atoms with Crippen LogP contribution < -0.4 is 0 Å². The minimum atomic E-state index is -0.353. The van der Waals surface area contributed by atoms with Gasteiger partial charge < -0.3 is 5.53 Å². The van der Waals surface area contributed by atoms with Crippen molar-refractivity contribution in [2.24, 2.45) is 0 Å². The summed E-state index contributed by atoms with van der Waals surface area (Å²) >= 11 is 0. The van der Waals surface area contributed by atoms with Crippen molar-refractivity contribution in [3.8, 4) is 5.69 Å². The lowest BCUT2D eigenvalue weighted by atomic mass is 10.0. The Balaban J connectivity index is 2.58. The summed E-state index contributed by atoms with van der Waals surface area (Å²) in [5, 5.41) is 4.26. The van der Waals surface area contributed by atoms with E-state index in [1.54, 1.807) is 4.68 Å². The van der Waals surface area contributed by atoms with Gasteiger partial charge in [-0.2, -0.15) is 9.89 Å². The van der Waals surface area contributed by atoms with Gasteiger partial charge in [-0.15, -0.1) is 0 Å². The van der Waals surface area contributed by atoms with Crippen LogP contribution in [-0.4, -0.2) is 26.6 Å². The third-order valence-corrected chi connectivity index (χ3v) is 2.79. The van der Waals surface area contributed by atoms with Crippen LogP contribution in [-0.2, 0) is 0 Å². The molecular formula is C14H14N4O. The topological polar surface area (TPSA) is 71.3 Å². The summed E-state index contributed by atoms with van der Waals surface area (Å²) < 4.78 is 1.74.